The van der Waals surface area contributed by atoms with Crippen LogP contribution in [0.5, 0.6) is 0 Å². The van der Waals surface area contributed by atoms with Crippen LogP contribution >= 0.6 is 0 Å². The maximum Gasteiger partial charge on any atom is 0.166 e. The minimum Gasteiger partial charge on any atom is -0.309 e. The summed E-state index contributed by atoms with van der Waals surface area (Å²) >= 11 is 0. The fraction of sp³-hybridized carbons (Fsp3) is 0. The third kappa shape index (κ3) is 1.60. The Balaban J connectivity index is 2.69. The lowest BCUT2D eigenvalue weighted by Gasteiger charge is -2.08. The fourth-order valence-corrected chi connectivity index (χ4v) is 1.46. The molecule has 82 valence electrons. The summed E-state index contributed by atoms with van der Waals surface area (Å²) in [7, 11) is 0. The molecular formula is C11H6F3NO. The zero-order chi connectivity index (χ0) is 11.7. The standard InChI is InChI=1S/C11H6F3NO/c12-7-4-9(13)11(10(14)5-7)15-3-1-2-8(15)6-16/h1-6H. The van der Waals surface area contributed by atoms with Gasteiger partial charge in [-0.05, 0) is 12.1 Å². The topological polar surface area (TPSA) is 22.0 Å². The lowest BCUT2D eigenvalue weighted by molar-refractivity contribution is 0.111. The summed E-state index contributed by atoms with van der Waals surface area (Å²) in [5.74, 6) is -3.12. The Hall–Kier alpha value is -2.04. The van der Waals surface area contributed by atoms with Gasteiger partial charge in [0.05, 0.1) is 5.69 Å². The molecule has 5 heteroatoms. The van der Waals surface area contributed by atoms with Crippen molar-refractivity contribution in [2.75, 3.05) is 0 Å². The van der Waals surface area contributed by atoms with E-state index < -0.39 is 23.1 Å². The number of nitrogens with zero attached hydrogens (tertiary/aromatic N) is 1. The Morgan fingerprint density at radius 3 is 2.31 bits per heavy atom. The maximum absolute atomic E-state index is 13.4. The number of carbonyl (C=O) groups is 1. The third-order valence-electron chi connectivity index (χ3n) is 2.12. The molecule has 0 aliphatic heterocycles. The van der Waals surface area contributed by atoms with E-state index in [0.717, 1.165) is 4.57 Å². The van der Waals surface area contributed by atoms with Gasteiger partial charge in [0, 0.05) is 18.3 Å². The van der Waals surface area contributed by atoms with Gasteiger partial charge in [-0.2, -0.15) is 0 Å². The van der Waals surface area contributed by atoms with Crippen LogP contribution in [0.4, 0.5) is 13.2 Å². The summed E-state index contributed by atoms with van der Waals surface area (Å²) in [5, 5.41) is 0. The molecule has 1 aromatic heterocycles. The van der Waals surface area contributed by atoms with Gasteiger partial charge >= 0.3 is 0 Å². The van der Waals surface area contributed by atoms with Crippen molar-refractivity contribution in [3.63, 3.8) is 0 Å². The molecular weight excluding hydrogens is 219 g/mol. The van der Waals surface area contributed by atoms with Crippen molar-refractivity contribution in [2.45, 2.75) is 0 Å². The second-order valence-corrected chi connectivity index (χ2v) is 3.14. The number of carbonyl (C=O) groups excluding carboxylic acids is 1. The molecule has 1 aromatic carbocycles. The van der Waals surface area contributed by atoms with Gasteiger partial charge in [-0.25, -0.2) is 13.2 Å². The molecule has 0 atom stereocenters. The molecule has 2 rings (SSSR count). The average molecular weight is 225 g/mol. The quantitative estimate of drug-likeness (QED) is 0.720. The molecule has 0 unspecified atom stereocenters. The van der Waals surface area contributed by atoms with Crippen molar-refractivity contribution < 1.29 is 18.0 Å². The lowest BCUT2D eigenvalue weighted by atomic mass is 10.2. The van der Waals surface area contributed by atoms with E-state index in [1.165, 1.54) is 18.3 Å². The SMILES string of the molecule is O=Cc1cccn1-c1c(F)cc(F)cc1F. The minimum atomic E-state index is -1.06. The molecule has 2 aromatic rings. The third-order valence-corrected chi connectivity index (χ3v) is 2.12. The number of aldehydes is 1. The van der Waals surface area contributed by atoms with Gasteiger partial charge in [-0.15, -0.1) is 0 Å². The summed E-state index contributed by atoms with van der Waals surface area (Å²) < 4.78 is 40.4. The van der Waals surface area contributed by atoms with E-state index in [0.29, 0.717) is 18.4 Å². The number of halogens is 3. The van der Waals surface area contributed by atoms with Crippen LogP contribution < -0.4 is 0 Å². The highest BCUT2D eigenvalue weighted by atomic mass is 19.1. The Kier molecular flexibility index (Phi) is 2.52. The van der Waals surface area contributed by atoms with Crippen LogP contribution in [-0.2, 0) is 0 Å². The second kappa shape index (κ2) is 3.84. The highest BCUT2D eigenvalue weighted by Crippen LogP contribution is 2.20. The maximum atomic E-state index is 13.4. The summed E-state index contributed by atoms with van der Waals surface area (Å²) in [6.07, 6.45) is 1.78. The molecule has 0 bridgehead atoms. The number of rotatable bonds is 2. The van der Waals surface area contributed by atoms with Gasteiger partial charge in [0.1, 0.15) is 11.5 Å². The molecule has 0 aliphatic rings. The van der Waals surface area contributed by atoms with Gasteiger partial charge in [0.15, 0.2) is 17.9 Å². The molecule has 0 N–H and O–H groups in total. The predicted octanol–water partition coefficient (Wildman–Crippen LogP) is 2.71. The van der Waals surface area contributed by atoms with Crippen LogP contribution in [0.3, 0.4) is 0 Å². The highest BCUT2D eigenvalue weighted by Gasteiger charge is 2.14. The van der Waals surface area contributed by atoms with Crippen molar-refractivity contribution in [3.8, 4) is 5.69 Å². The molecule has 0 spiro atoms. The van der Waals surface area contributed by atoms with Crippen LogP contribution in [-0.4, -0.2) is 10.9 Å². The number of benzene rings is 1. The van der Waals surface area contributed by atoms with E-state index >= 15 is 0 Å². The molecule has 0 radical (unpaired) electrons. The first kappa shape index (κ1) is 10.5. The van der Waals surface area contributed by atoms with Crippen LogP contribution in [0.15, 0.2) is 30.5 Å². The molecule has 0 saturated heterocycles. The molecule has 0 aliphatic carbocycles. The summed E-state index contributed by atoms with van der Waals surface area (Å²) in [4.78, 5) is 10.6. The Labute approximate surface area is 88.9 Å². The highest BCUT2D eigenvalue weighted by molar-refractivity contribution is 5.73. The molecule has 0 amide bonds. The van der Waals surface area contributed by atoms with E-state index in [9.17, 15) is 18.0 Å². The average Bonchev–Trinajstić information content (AvgIpc) is 2.64. The van der Waals surface area contributed by atoms with E-state index in [-0.39, 0.29) is 5.69 Å². The van der Waals surface area contributed by atoms with Gasteiger partial charge in [0.2, 0.25) is 0 Å². The first-order valence-corrected chi connectivity index (χ1v) is 4.41. The monoisotopic (exact) mass is 225 g/mol. The van der Waals surface area contributed by atoms with Gasteiger partial charge in [-0.1, -0.05) is 0 Å². The van der Waals surface area contributed by atoms with Gasteiger partial charge in [0.25, 0.3) is 0 Å². The Morgan fingerprint density at radius 2 is 1.75 bits per heavy atom. The molecule has 2 nitrogen and oxygen atoms in total. The number of hydrogen-bond acceptors (Lipinski definition) is 1. The second-order valence-electron chi connectivity index (χ2n) is 3.14. The van der Waals surface area contributed by atoms with Crippen LogP contribution in [0.2, 0.25) is 0 Å². The molecule has 0 fully saturated rings. The number of aromatic nitrogens is 1. The van der Waals surface area contributed by atoms with E-state index in [2.05, 4.69) is 0 Å². The van der Waals surface area contributed by atoms with Gasteiger partial charge in [-0.3, -0.25) is 4.79 Å². The first-order chi connectivity index (χ1) is 7.63. The predicted molar refractivity (Wildman–Crippen MR) is 51.0 cm³/mol. The number of hydrogen-bond donors (Lipinski definition) is 0. The minimum absolute atomic E-state index is 0.0874. The zero-order valence-electron chi connectivity index (χ0n) is 7.95. The van der Waals surface area contributed by atoms with Crippen molar-refractivity contribution in [2.24, 2.45) is 0 Å². The van der Waals surface area contributed by atoms with Gasteiger partial charge < -0.3 is 4.57 Å². The van der Waals surface area contributed by atoms with Crippen molar-refractivity contribution >= 4 is 6.29 Å². The summed E-state index contributed by atoms with van der Waals surface area (Å²) in [5.41, 5.74) is -0.377. The Bertz CT molecular complexity index is 525. The normalized spacial score (nSPS) is 10.4. The van der Waals surface area contributed by atoms with Crippen LogP contribution in [0, 0.1) is 17.5 Å². The zero-order valence-corrected chi connectivity index (χ0v) is 7.95. The Morgan fingerprint density at radius 1 is 1.12 bits per heavy atom. The van der Waals surface area contributed by atoms with E-state index in [1.54, 1.807) is 0 Å². The van der Waals surface area contributed by atoms with Crippen molar-refractivity contribution in [1.29, 1.82) is 0 Å². The van der Waals surface area contributed by atoms with Crippen LogP contribution in [0.25, 0.3) is 5.69 Å². The summed E-state index contributed by atoms with van der Waals surface area (Å²) in [6.45, 7) is 0. The van der Waals surface area contributed by atoms with Crippen molar-refractivity contribution in [3.05, 3.63) is 53.6 Å². The lowest BCUT2D eigenvalue weighted by Crippen LogP contribution is -2.04. The summed E-state index contributed by atoms with van der Waals surface area (Å²) in [6, 6.07) is 3.99. The fourth-order valence-electron chi connectivity index (χ4n) is 1.46. The van der Waals surface area contributed by atoms with E-state index in [1.807, 2.05) is 0 Å². The van der Waals surface area contributed by atoms with E-state index in [4.69, 9.17) is 0 Å². The molecule has 1 heterocycles. The van der Waals surface area contributed by atoms with Crippen LogP contribution in [0.1, 0.15) is 10.5 Å². The smallest absolute Gasteiger partial charge is 0.166 e. The van der Waals surface area contributed by atoms with Crippen molar-refractivity contribution in [1.82, 2.24) is 4.57 Å². The molecule has 16 heavy (non-hydrogen) atoms. The molecule has 0 saturated carbocycles. The largest absolute Gasteiger partial charge is 0.309 e. The first-order valence-electron chi connectivity index (χ1n) is 4.41.